The Labute approximate surface area is 198 Å². The predicted octanol–water partition coefficient (Wildman–Crippen LogP) is 5.64. The van der Waals surface area contributed by atoms with Crippen LogP contribution in [0.25, 0.3) is 0 Å². The molecule has 0 bridgehead atoms. The number of carbonyl (C=O) groups is 2. The van der Waals surface area contributed by atoms with Crippen molar-refractivity contribution in [1.82, 2.24) is 10.9 Å². The minimum Gasteiger partial charge on any atom is -0.267 e. The second-order valence-electron chi connectivity index (χ2n) is 6.06. The first-order valence-electron chi connectivity index (χ1n) is 8.64. The van der Waals surface area contributed by atoms with Gasteiger partial charge in [0.25, 0.3) is 11.8 Å². The van der Waals surface area contributed by atoms with E-state index in [1.807, 2.05) is 38.1 Å². The third-order valence-electron chi connectivity index (χ3n) is 3.92. The highest BCUT2D eigenvalue weighted by atomic mass is 79.9. The van der Waals surface area contributed by atoms with Crippen molar-refractivity contribution < 1.29 is 9.59 Å². The van der Waals surface area contributed by atoms with Crippen LogP contribution in [0.5, 0.6) is 0 Å². The van der Waals surface area contributed by atoms with Gasteiger partial charge in [0.15, 0.2) is 0 Å². The topological polar surface area (TPSA) is 82.9 Å². The molecule has 2 amide bonds. The zero-order valence-electron chi connectivity index (χ0n) is 15.9. The van der Waals surface area contributed by atoms with Crippen molar-refractivity contribution in [2.75, 3.05) is 0 Å². The Hall–Kier alpha value is -2.14. The van der Waals surface area contributed by atoms with E-state index in [9.17, 15) is 9.59 Å². The first-order valence-corrected chi connectivity index (χ1v) is 11.9. The molecule has 0 aliphatic rings. The molecule has 6 nitrogen and oxygen atoms in total. The van der Waals surface area contributed by atoms with E-state index in [2.05, 4.69) is 52.9 Å². The van der Waals surface area contributed by atoms with E-state index < -0.39 is 0 Å². The molecule has 2 N–H and O–H groups in total. The zero-order valence-corrected chi connectivity index (χ0v) is 20.7. The maximum atomic E-state index is 12.3. The number of rotatable bonds is 6. The first kappa shape index (κ1) is 22.5. The molecule has 30 heavy (non-hydrogen) atoms. The van der Waals surface area contributed by atoms with Gasteiger partial charge in [0, 0.05) is 11.1 Å². The van der Waals surface area contributed by atoms with Gasteiger partial charge in [-0.1, -0.05) is 0 Å². The normalized spacial score (nSPS) is 12.0. The smallest absolute Gasteiger partial charge is 0.267 e. The fourth-order valence-corrected chi connectivity index (χ4v) is 4.96. The fourth-order valence-electron chi connectivity index (χ4n) is 2.30. The highest BCUT2D eigenvalue weighted by Gasteiger charge is 2.10. The van der Waals surface area contributed by atoms with Crippen LogP contribution in [0.15, 0.2) is 66.3 Å². The van der Waals surface area contributed by atoms with Crippen molar-refractivity contribution in [2.24, 2.45) is 10.2 Å². The van der Waals surface area contributed by atoms with Crippen LogP contribution in [-0.4, -0.2) is 23.2 Å². The number of carbonyl (C=O) groups excluding carboxylic acids is 2. The van der Waals surface area contributed by atoms with Gasteiger partial charge in [-0.2, -0.15) is 10.2 Å². The largest absolute Gasteiger partial charge is 0.271 e. The molecule has 0 spiro atoms. The Morgan fingerprint density at radius 1 is 0.700 bits per heavy atom. The van der Waals surface area contributed by atoms with Crippen molar-refractivity contribution in [3.05, 3.63) is 77.0 Å². The van der Waals surface area contributed by atoms with Gasteiger partial charge in [-0.25, -0.2) is 10.9 Å². The molecule has 0 radical (unpaired) electrons. The van der Waals surface area contributed by atoms with Gasteiger partial charge < -0.3 is 0 Å². The molecule has 2 heterocycles. The number of nitrogens with one attached hydrogen (secondary N) is 2. The summed E-state index contributed by atoms with van der Waals surface area (Å²) in [6, 6.07) is 14.0. The third-order valence-corrected chi connectivity index (χ3v) is 7.38. The zero-order chi connectivity index (χ0) is 21.7. The minimum absolute atomic E-state index is 0.353. The third kappa shape index (κ3) is 5.94. The Morgan fingerprint density at radius 3 is 1.37 bits per heavy atom. The van der Waals surface area contributed by atoms with Crippen molar-refractivity contribution in [2.45, 2.75) is 13.8 Å². The van der Waals surface area contributed by atoms with Crippen LogP contribution >= 0.6 is 54.5 Å². The van der Waals surface area contributed by atoms with Gasteiger partial charge >= 0.3 is 0 Å². The summed E-state index contributed by atoms with van der Waals surface area (Å²) in [7, 11) is 0. The molecule has 3 rings (SSSR count). The summed E-state index contributed by atoms with van der Waals surface area (Å²) in [6.07, 6.45) is 0. The van der Waals surface area contributed by atoms with Crippen LogP contribution in [0.2, 0.25) is 0 Å². The lowest BCUT2D eigenvalue weighted by molar-refractivity contribution is 0.0943. The average Bonchev–Trinajstić information content (AvgIpc) is 3.38. The molecule has 0 atom stereocenters. The second-order valence-corrected chi connectivity index (χ2v) is 11.0. The van der Waals surface area contributed by atoms with E-state index in [0.717, 1.165) is 17.3 Å². The monoisotopic (exact) mass is 566 g/mol. The van der Waals surface area contributed by atoms with Crippen LogP contribution in [-0.2, 0) is 0 Å². The molecule has 3 aromatic rings. The number of hydrazone groups is 2. The van der Waals surface area contributed by atoms with Gasteiger partial charge in [-0.3, -0.25) is 9.59 Å². The lowest BCUT2D eigenvalue weighted by Crippen LogP contribution is -2.21. The van der Waals surface area contributed by atoms with E-state index in [4.69, 9.17) is 0 Å². The van der Waals surface area contributed by atoms with E-state index in [0.29, 0.717) is 22.6 Å². The first-order chi connectivity index (χ1) is 14.3. The Bertz CT molecular complexity index is 1040. The quantitative estimate of drug-likeness (QED) is 0.298. The molecule has 0 saturated heterocycles. The van der Waals surface area contributed by atoms with Crippen molar-refractivity contribution >= 4 is 77.8 Å². The number of thiophene rings is 2. The molecule has 0 aliphatic carbocycles. The number of hydrogen-bond acceptors (Lipinski definition) is 6. The van der Waals surface area contributed by atoms with E-state index in [1.54, 1.807) is 24.3 Å². The summed E-state index contributed by atoms with van der Waals surface area (Å²) in [5.74, 6) is -0.705. The molecule has 0 unspecified atom stereocenters. The van der Waals surface area contributed by atoms with Gasteiger partial charge in [0.05, 0.1) is 28.8 Å². The maximum absolute atomic E-state index is 12.3. The molecule has 154 valence electrons. The number of hydrogen-bond donors (Lipinski definition) is 2. The summed E-state index contributed by atoms with van der Waals surface area (Å²) in [5.41, 5.74) is 7.28. The van der Waals surface area contributed by atoms with Crippen LogP contribution in [0.3, 0.4) is 0 Å². The van der Waals surface area contributed by atoms with Crippen LogP contribution in [0.4, 0.5) is 0 Å². The summed E-state index contributed by atoms with van der Waals surface area (Å²) in [6.45, 7) is 3.65. The molecular weight excluding hydrogens is 552 g/mol. The van der Waals surface area contributed by atoms with Gasteiger partial charge in [-0.05, 0) is 94.2 Å². The van der Waals surface area contributed by atoms with Crippen molar-refractivity contribution in [3.63, 3.8) is 0 Å². The van der Waals surface area contributed by atoms with Crippen LogP contribution in [0.1, 0.15) is 44.3 Å². The standard InChI is InChI=1S/C20H16Br2N4O2S2/c1-11(15-7-9-17(21)29-15)23-25-19(27)13-3-5-14(6-4-13)20(28)26-24-12(2)16-8-10-18(22)30-16/h3-10H,1-2H3,(H,25,27)(H,26,28). The van der Waals surface area contributed by atoms with E-state index >= 15 is 0 Å². The second kappa shape index (κ2) is 10.3. The lowest BCUT2D eigenvalue weighted by Gasteiger charge is -2.04. The molecule has 1 aromatic carbocycles. The predicted molar refractivity (Wildman–Crippen MR) is 130 cm³/mol. The Kier molecular flexibility index (Phi) is 7.70. The lowest BCUT2D eigenvalue weighted by atomic mass is 10.1. The maximum Gasteiger partial charge on any atom is 0.271 e. The van der Waals surface area contributed by atoms with Crippen LogP contribution in [0, 0.1) is 0 Å². The number of amides is 2. The molecule has 0 aliphatic heterocycles. The number of benzene rings is 1. The van der Waals surface area contributed by atoms with E-state index in [1.165, 1.54) is 22.7 Å². The van der Waals surface area contributed by atoms with E-state index in [-0.39, 0.29) is 11.8 Å². The van der Waals surface area contributed by atoms with Gasteiger partial charge in [0.2, 0.25) is 0 Å². The van der Waals surface area contributed by atoms with Crippen LogP contribution < -0.4 is 10.9 Å². The molecule has 0 saturated carbocycles. The average molecular weight is 568 g/mol. The number of nitrogens with zero attached hydrogens (tertiary/aromatic N) is 2. The van der Waals surface area contributed by atoms with Gasteiger partial charge in [-0.15, -0.1) is 22.7 Å². The highest BCUT2D eigenvalue weighted by Crippen LogP contribution is 2.23. The fraction of sp³-hybridized carbons (Fsp3) is 0.100. The van der Waals surface area contributed by atoms with Gasteiger partial charge in [0.1, 0.15) is 0 Å². The molecule has 0 fully saturated rings. The van der Waals surface area contributed by atoms with Crippen molar-refractivity contribution in [3.8, 4) is 0 Å². The Balaban J connectivity index is 1.59. The molecule has 10 heteroatoms. The summed E-state index contributed by atoms with van der Waals surface area (Å²) < 4.78 is 1.99. The Morgan fingerprint density at radius 2 is 1.07 bits per heavy atom. The number of halogens is 2. The highest BCUT2D eigenvalue weighted by molar-refractivity contribution is 9.11. The van der Waals surface area contributed by atoms with Crippen molar-refractivity contribution in [1.29, 1.82) is 0 Å². The molecular formula is C20H16Br2N4O2S2. The SMILES string of the molecule is CC(=NNC(=O)c1ccc(C(=O)NN=C(C)c2ccc(Br)s2)cc1)c1ccc(Br)s1. The molecule has 2 aromatic heterocycles. The summed E-state index contributed by atoms with van der Waals surface area (Å²) in [5, 5.41) is 8.26. The summed E-state index contributed by atoms with van der Waals surface area (Å²) in [4.78, 5) is 26.5. The minimum atomic E-state index is -0.353. The summed E-state index contributed by atoms with van der Waals surface area (Å²) >= 11 is 9.87.